The molecule has 0 spiro atoms. The third kappa shape index (κ3) is 5.33. The van der Waals surface area contributed by atoms with Gasteiger partial charge in [0.25, 0.3) is 0 Å². The van der Waals surface area contributed by atoms with Crippen LogP contribution in [0.4, 0.5) is 0 Å². The van der Waals surface area contributed by atoms with Gasteiger partial charge in [0.15, 0.2) is 0 Å². The van der Waals surface area contributed by atoms with E-state index < -0.39 is 24.1 Å². The molecule has 10 atom stereocenters. The largest absolute Gasteiger partial charge is 0.478 e. The molecule has 4 saturated carbocycles. The number of carboxylic acids is 1. The van der Waals surface area contributed by atoms with E-state index in [0.717, 1.165) is 46.9 Å². The maximum atomic E-state index is 13.1. The number of aliphatic hydroxyl groups is 2. The number of ether oxygens (including phenoxy) is 1. The third-order valence-electron chi connectivity index (χ3n) is 13.0. The molecule has 1 aromatic carbocycles. The van der Waals surface area contributed by atoms with Gasteiger partial charge in [-0.15, -0.1) is 0 Å². The van der Waals surface area contributed by atoms with E-state index in [9.17, 15) is 24.9 Å². The minimum absolute atomic E-state index is 0.0187. The van der Waals surface area contributed by atoms with Gasteiger partial charge in [0.2, 0.25) is 0 Å². The van der Waals surface area contributed by atoms with Gasteiger partial charge >= 0.3 is 11.9 Å². The van der Waals surface area contributed by atoms with Gasteiger partial charge in [-0.3, -0.25) is 4.79 Å². The summed E-state index contributed by atoms with van der Waals surface area (Å²) in [6, 6.07) is 8.10. The number of fused-ring (bicyclic) bond motifs is 5. The lowest BCUT2D eigenvalue weighted by atomic mass is 9.36. The Hall–Kier alpha value is -1.96. The number of carboxylic acid groups (broad SMARTS) is 1. The van der Waals surface area contributed by atoms with Crippen molar-refractivity contribution >= 4 is 33.4 Å². The standard InChI is InChI=1S/C37H51BrO6/c1-20(2)25(23-8-10-24(38)11-9-23)12-13-26(34(42)43)32-28-18-30(41)33-35(5)16-15-29(40)21(3)27(35)14-17-36(33,6)37(28,7)19-31(32)44-22(4)39/h8-11,21,27-31,33,40-41H,12-19H2,1-7H3,(H,42,43)/t21-,27?,28+,29+,30+,31-,33+,35-,36-,37-/m0/s1. The van der Waals surface area contributed by atoms with Crippen LogP contribution in [0.25, 0.3) is 5.57 Å². The zero-order valence-corrected chi connectivity index (χ0v) is 29.0. The molecule has 0 saturated heterocycles. The fourth-order valence-corrected chi connectivity index (χ4v) is 11.1. The summed E-state index contributed by atoms with van der Waals surface area (Å²) in [5.74, 6) is -1.06. The fraction of sp³-hybridized carbons (Fsp3) is 0.676. The summed E-state index contributed by atoms with van der Waals surface area (Å²) in [6.07, 6.45) is 3.82. The first-order valence-corrected chi connectivity index (χ1v) is 17.3. The van der Waals surface area contributed by atoms with E-state index in [4.69, 9.17) is 4.74 Å². The molecule has 242 valence electrons. The lowest BCUT2D eigenvalue weighted by Crippen LogP contribution is -2.65. The van der Waals surface area contributed by atoms with Crippen LogP contribution in [0.5, 0.6) is 0 Å². The first-order chi connectivity index (χ1) is 20.5. The SMILES string of the molecule is CC(=O)O[C@H]1C[C@@]2(C)[C@H](C[C@@H](O)[C@@H]3[C@@]4(C)CC[C@@H](O)[C@@H](C)C4CC[C@@]32C)C1=C(CCC(=C(C)C)c1ccc(Br)cc1)C(=O)O. The number of hydrogen-bond donors (Lipinski definition) is 3. The Bertz CT molecular complexity index is 1360. The van der Waals surface area contributed by atoms with E-state index in [0.29, 0.717) is 42.7 Å². The molecular weight excluding hydrogens is 620 g/mol. The molecule has 0 aromatic heterocycles. The van der Waals surface area contributed by atoms with Gasteiger partial charge in [0.05, 0.1) is 12.2 Å². The highest BCUT2D eigenvalue weighted by Crippen LogP contribution is 2.74. The Morgan fingerprint density at radius 2 is 1.61 bits per heavy atom. The third-order valence-corrected chi connectivity index (χ3v) is 13.6. The number of aliphatic hydroxyl groups excluding tert-OH is 2. The first kappa shape index (κ1) is 33.4. The van der Waals surface area contributed by atoms with Gasteiger partial charge < -0.3 is 20.1 Å². The van der Waals surface area contributed by atoms with E-state index in [2.05, 4.69) is 69.6 Å². The van der Waals surface area contributed by atoms with Crippen LogP contribution >= 0.6 is 15.9 Å². The Balaban J connectivity index is 1.57. The molecule has 0 radical (unpaired) electrons. The molecule has 44 heavy (non-hydrogen) atoms. The lowest BCUT2D eigenvalue weighted by Gasteiger charge is -2.69. The molecule has 3 N–H and O–H groups in total. The molecule has 4 aliphatic rings. The van der Waals surface area contributed by atoms with Crippen molar-refractivity contribution in [2.75, 3.05) is 0 Å². The molecule has 0 bridgehead atoms. The number of halogens is 1. The average molecular weight is 672 g/mol. The second-order valence-electron chi connectivity index (χ2n) is 15.3. The molecule has 0 amide bonds. The molecule has 0 heterocycles. The maximum absolute atomic E-state index is 13.1. The Morgan fingerprint density at radius 3 is 2.20 bits per heavy atom. The minimum atomic E-state index is -0.974. The second-order valence-corrected chi connectivity index (χ2v) is 16.2. The monoisotopic (exact) mass is 670 g/mol. The van der Waals surface area contributed by atoms with Crippen molar-refractivity contribution in [3.63, 3.8) is 0 Å². The molecule has 0 aliphatic heterocycles. The highest BCUT2D eigenvalue weighted by atomic mass is 79.9. The van der Waals surface area contributed by atoms with Gasteiger partial charge in [0, 0.05) is 17.0 Å². The van der Waals surface area contributed by atoms with Crippen molar-refractivity contribution in [2.24, 2.45) is 39.9 Å². The van der Waals surface area contributed by atoms with Crippen molar-refractivity contribution in [3.05, 3.63) is 51.0 Å². The second kappa shape index (κ2) is 12.0. The minimum Gasteiger partial charge on any atom is -0.478 e. The normalized spacial score (nSPS) is 40.7. The van der Waals surface area contributed by atoms with Crippen molar-refractivity contribution in [1.29, 1.82) is 0 Å². The number of carbonyl (C=O) groups excluding carboxylic acids is 1. The smallest absolute Gasteiger partial charge is 0.331 e. The van der Waals surface area contributed by atoms with Crippen LogP contribution in [0.15, 0.2) is 45.5 Å². The Labute approximate surface area is 271 Å². The van der Waals surface area contributed by atoms with Crippen LogP contribution in [0.2, 0.25) is 0 Å². The van der Waals surface area contributed by atoms with Crippen LogP contribution in [0.1, 0.15) is 105 Å². The van der Waals surface area contributed by atoms with Gasteiger partial charge in [-0.2, -0.15) is 0 Å². The van der Waals surface area contributed by atoms with E-state index in [1.54, 1.807) is 0 Å². The Morgan fingerprint density at radius 1 is 0.955 bits per heavy atom. The van der Waals surface area contributed by atoms with E-state index >= 15 is 0 Å². The van der Waals surface area contributed by atoms with E-state index in [1.165, 1.54) is 6.92 Å². The first-order valence-electron chi connectivity index (χ1n) is 16.5. The summed E-state index contributed by atoms with van der Waals surface area (Å²) >= 11 is 3.51. The average Bonchev–Trinajstić information content (AvgIpc) is 3.20. The molecule has 1 aromatic rings. The van der Waals surface area contributed by atoms with Crippen LogP contribution in [0.3, 0.4) is 0 Å². The summed E-state index contributed by atoms with van der Waals surface area (Å²) in [4.78, 5) is 25.6. The quantitative estimate of drug-likeness (QED) is 0.210. The Kier molecular flexibility index (Phi) is 9.11. The van der Waals surface area contributed by atoms with Crippen molar-refractivity contribution in [1.82, 2.24) is 0 Å². The number of rotatable bonds is 6. The van der Waals surface area contributed by atoms with Crippen LogP contribution in [-0.4, -0.2) is 45.6 Å². The highest BCUT2D eigenvalue weighted by Gasteiger charge is 2.70. The zero-order chi connectivity index (χ0) is 32.4. The lowest BCUT2D eigenvalue weighted by molar-refractivity contribution is -0.234. The van der Waals surface area contributed by atoms with Gasteiger partial charge in [-0.25, -0.2) is 4.79 Å². The highest BCUT2D eigenvalue weighted by molar-refractivity contribution is 9.10. The number of carbonyl (C=O) groups is 2. The van der Waals surface area contributed by atoms with Crippen LogP contribution in [0, 0.1) is 39.9 Å². The summed E-state index contributed by atoms with van der Waals surface area (Å²) < 4.78 is 6.98. The van der Waals surface area contributed by atoms with Crippen LogP contribution in [-0.2, 0) is 14.3 Å². The predicted molar refractivity (Wildman–Crippen MR) is 176 cm³/mol. The van der Waals surface area contributed by atoms with Crippen molar-refractivity contribution in [3.8, 4) is 0 Å². The number of aliphatic carboxylic acids is 1. The fourth-order valence-electron chi connectivity index (χ4n) is 10.9. The van der Waals surface area contributed by atoms with E-state index in [-0.39, 0.29) is 40.1 Å². The topological polar surface area (TPSA) is 104 Å². The number of benzene rings is 1. The number of esters is 1. The van der Waals surface area contributed by atoms with Gasteiger partial charge in [0.1, 0.15) is 6.10 Å². The molecule has 4 fully saturated rings. The van der Waals surface area contributed by atoms with Crippen molar-refractivity contribution < 1.29 is 29.6 Å². The zero-order valence-electron chi connectivity index (χ0n) is 27.5. The number of allylic oxidation sites excluding steroid dienone is 2. The summed E-state index contributed by atoms with van der Waals surface area (Å²) in [5.41, 5.74) is 3.58. The molecule has 1 unspecified atom stereocenters. The molecular formula is C37H51BrO6. The summed E-state index contributed by atoms with van der Waals surface area (Å²) in [6.45, 7) is 14.6. The van der Waals surface area contributed by atoms with Crippen LogP contribution < -0.4 is 0 Å². The number of hydrogen-bond acceptors (Lipinski definition) is 5. The summed E-state index contributed by atoms with van der Waals surface area (Å²) in [7, 11) is 0. The van der Waals surface area contributed by atoms with Gasteiger partial charge in [-0.05, 0) is 134 Å². The van der Waals surface area contributed by atoms with E-state index in [1.807, 2.05) is 12.1 Å². The molecule has 7 heteroatoms. The molecule has 4 aliphatic carbocycles. The predicted octanol–water partition coefficient (Wildman–Crippen LogP) is 7.96. The van der Waals surface area contributed by atoms with Gasteiger partial charge in [-0.1, -0.05) is 61.3 Å². The molecule has 5 rings (SSSR count). The summed E-state index contributed by atoms with van der Waals surface area (Å²) in [5, 5.41) is 33.6. The van der Waals surface area contributed by atoms with Crippen molar-refractivity contribution in [2.45, 2.75) is 118 Å². The molecule has 6 nitrogen and oxygen atoms in total. The maximum Gasteiger partial charge on any atom is 0.331 e.